The van der Waals surface area contributed by atoms with Gasteiger partial charge >= 0.3 is 0 Å². The number of benzene rings is 1. The predicted molar refractivity (Wildman–Crippen MR) is 109 cm³/mol. The molecule has 1 aromatic carbocycles. The first kappa shape index (κ1) is 18.1. The Balaban J connectivity index is 1.75. The van der Waals surface area contributed by atoms with Crippen molar-refractivity contribution in [2.75, 3.05) is 20.8 Å². The number of ether oxygens (including phenoxy) is 2. The van der Waals surface area contributed by atoms with Crippen LogP contribution in [-0.2, 0) is 17.6 Å². The van der Waals surface area contributed by atoms with Crippen molar-refractivity contribution in [3.63, 3.8) is 0 Å². The van der Waals surface area contributed by atoms with Crippen LogP contribution in [-0.4, -0.2) is 31.6 Å². The van der Waals surface area contributed by atoms with Crippen LogP contribution in [0.4, 0.5) is 0 Å². The zero-order chi connectivity index (χ0) is 18.8. The third kappa shape index (κ3) is 3.47. The molecule has 0 spiro atoms. The van der Waals surface area contributed by atoms with Gasteiger partial charge in [0.05, 0.1) is 26.7 Å². The molecule has 1 aliphatic heterocycles. The van der Waals surface area contributed by atoms with E-state index in [4.69, 9.17) is 9.47 Å². The normalized spacial score (nSPS) is 16.1. The first-order valence-corrected chi connectivity index (χ1v) is 10.6. The van der Waals surface area contributed by atoms with Gasteiger partial charge < -0.3 is 14.4 Å². The summed E-state index contributed by atoms with van der Waals surface area (Å²) in [6.45, 7) is 0.704. The fourth-order valence-electron chi connectivity index (χ4n) is 3.63. The summed E-state index contributed by atoms with van der Waals surface area (Å²) in [5.74, 6) is 1.60. The van der Waals surface area contributed by atoms with Crippen LogP contribution in [0.2, 0.25) is 0 Å². The molecule has 0 unspecified atom stereocenters. The molecule has 1 amide bonds. The summed E-state index contributed by atoms with van der Waals surface area (Å²) in [5, 5.41) is 4.08. The molecule has 6 heteroatoms. The van der Waals surface area contributed by atoms with Gasteiger partial charge in [-0.3, -0.25) is 4.79 Å². The van der Waals surface area contributed by atoms with Crippen molar-refractivity contribution in [1.29, 1.82) is 0 Å². The van der Waals surface area contributed by atoms with E-state index in [1.54, 1.807) is 36.9 Å². The second kappa shape index (κ2) is 7.74. The van der Waals surface area contributed by atoms with Crippen LogP contribution < -0.4 is 9.47 Å². The second-order valence-electron chi connectivity index (χ2n) is 6.42. The molecule has 0 fully saturated rings. The standard InChI is InChI=1S/C21H21NO3S2/c1-24-17-11-14-7-8-22(20(23)12-15-5-3-9-26-15)21(19-6-4-10-27-19)16(14)13-18(17)25-2/h3-6,9-11,13,21H,7-8,12H2,1-2H3/t21-/m1/s1. The van der Waals surface area contributed by atoms with Gasteiger partial charge in [0.1, 0.15) is 0 Å². The lowest BCUT2D eigenvalue weighted by Gasteiger charge is -2.37. The molecular formula is C21H21NO3S2. The lowest BCUT2D eigenvalue weighted by atomic mass is 9.90. The molecular weight excluding hydrogens is 378 g/mol. The summed E-state index contributed by atoms with van der Waals surface area (Å²) >= 11 is 3.31. The smallest absolute Gasteiger partial charge is 0.228 e. The fourth-order valence-corrected chi connectivity index (χ4v) is 5.18. The number of fused-ring (bicyclic) bond motifs is 1. The van der Waals surface area contributed by atoms with E-state index in [2.05, 4.69) is 17.5 Å². The molecule has 2 aromatic heterocycles. The topological polar surface area (TPSA) is 38.8 Å². The molecule has 4 rings (SSSR count). The van der Waals surface area contributed by atoms with E-state index in [-0.39, 0.29) is 11.9 Å². The maximum absolute atomic E-state index is 13.1. The molecule has 0 aliphatic carbocycles. The number of nitrogens with zero attached hydrogens (tertiary/aromatic N) is 1. The predicted octanol–water partition coefficient (Wildman–Crippen LogP) is 4.54. The maximum atomic E-state index is 13.1. The molecule has 0 radical (unpaired) electrons. The molecule has 0 saturated heterocycles. The molecule has 0 bridgehead atoms. The highest BCUT2D eigenvalue weighted by molar-refractivity contribution is 7.10. The number of hydrogen-bond acceptors (Lipinski definition) is 5. The van der Waals surface area contributed by atoms with Gasteiger partial charge in [-0.15, -0.1) is 22.7 Å². The number of amides is 1. The SMILES string of the molecule is COc1cc2c(cc1OC)[C@H](c1cccs1)N(C(=O)Cc1cccs1)CC2. The molecule has 0 saturated carbocycles. The van der Waals surface area contributed by atoms with Gasteiger partial charge in [-0.2, -0.15) is 0 Å². The second-order valence-corrected chi connectivity index (χ2v) is 8.43. The number of carbonyl (C=O) groups excluding carboxylic acids is 1. The zero-order valence-electron chi connectivity index (χ0n) is 15.3. The van der Waals surface area contributed by atoms with Crippen molar-refractivity contribution in [2.24, 2.45) is 0 Å². The van der Waals surface area contributed by atoms with E-state index in [1.165, 1.54) is 10.4 Å². The van der Waals surface area contributed by atoms with Gasteiger partial charge in [-0.1, -0.05) is 12.1 Å². The van der Waals surface area contributed by atoms with Crippen molar-refractivity contribution in [2.45, 2.75) is 18.9 Å². The number of hydrogen-bond donors (Lipinski definition) is 0. The van der Waals surface area contributed by atoms with Crippen molar-refractivity contribution in [3.8, 4) is 11.5 Å². The molecule has 1 aliphatic rings. The minimum absolute atomic E-state index is 0.0824. The Morgan fingerprint density at radius 1 is 1.11 bits per heavy atom. The van der Waals surface area contributed by atoms with Crippen molar-refractivity contribution in [1.82, 2.24) is 4.90 Å². The van der Waals surface area contributed by atoms with E-state index >= 15 is 0 Å². The lowest BCUT2D eigenvalue weighted by molar-refractivity contribution is -0.132. The van der Waals surface area contributed by atoms with Crippen LogP contribution in [0.1, 0.15) is 26.9 Å². The Hall–Kier alpha value is -2.31. The van der Waals surface area contributed by atoms with E-state index in [0.29, 0.717) is 18.7 Å². The first-order chi connectivity index (χ1) is 13.2. The van der Waals surface area contributed by atoms with Gasteiger partial charge in [0.15, 0.2) is 11.5 Å². The Kier molecular flexibility index (Phi) is 5.18. The van der Waals surface area contributed by atoms with Crippen LogP contribution in [0.25, 0.3) is 0 Å². The zero-order valence-corrected chi connectivity index (χ0v) is 16.9. The molecule has 27 heavy (non-hydrogen) atoms. The highest BCUT2D eigenvalue weighted by atomic mass is 32.1. The Bertz CT molecular complexity index is 919. The van der Waals surface area contributed by atoms with Gasteiger partial charge in [0.25, 0.3) is 0 Å². The quantitative estimate of drug-likeness (QED) is 0.632. The first-order valence-electron chi connectivity index (χ1n) is 8.81. The minimum Gasteiger partial charge on any atom is -0.493 e. The summed E-state index contributed by atoms with van der Waals surface area (Å²) in [6, 6.07) is 12.2. The molecule has 3 aromatic rings. The summed E-state index contributed by atoms with van der Waals surface area (Å²) in [7, 11) is 3.30. The highest BCUT2D eigenvalue weighted by Crippen LogP contribution is 2.42. The number of rotatable bonds is 5. The van der Waals surface area contributed by atoms with Gasteiger partial charge in [0.2, 0.25) is 5.91 Å². The average Bonchev–Trinajstić information content (AvgIpc) is 3.39. The third-order valence-electron chi connectivity index (χ3n) is 4.91. The monoisotopic (exact) mass is 399 g/mol. The number of carbonyl (C=O) groups is 1. The fraction of sp³-hybridized carbons (Fsp3) is 0.286. The van der Waals surface area contributed by atoms with E-state index in [0.717, 1.165) is 22.6 Å². The Labute approximate surface area is 167 Å². The average molecular weight is 400 g/mol. The molecule has 3 heterocycles. The lowest BCUT2D eigenvalue weighted by Crippen LogP contribution is -2.41. The van der Waals surface area contributed by atoms with Crippen molar-refractivity contribution >= 4 is 28.6 Å². The Morgan fingerprint density at radius 2 is 1.85 bits per heavy atom. The van der Waals surface area contributed by atoms with E-state index < -0.39 is 0 Å². The molecule has 4 nitrogen and oxygen atoms in total. The van der Waals surface area contributed by atoms with Gasteiger partial charge in [0, 0.05) is 16.3 Å². The van der Waals surface area contributed by atoms with E-state index in [9.17, 15) is 4.79 Å². The molecule has 1 atom stereocenters. The van der Waals surface area contributed by atoms with Crippen LogP contribution in [0.5, 0.6) is 11.5 Å². The largest absolute Gasteiger partial charge is 0.493 e. The van der Waals surface area contributed by atoms with E-state index in [1.807, 2.05) is 34.5 Å². The van der Waals surface area contributed by atoms with Crippen LogP contribution in [0.15, 0.2) is 47.2 Å². The van der Waals surface area contributed by atoms with Crippen molar-refractivity contribution < 1.29 is 14.3 Å². The summed E-state index contributed by atoms with van der Waals surface area (Å²) in [6.07, 6.45) is 1.26. The summed E-state index contributed by atoms with van der Waals surface area (Å²) < 4.78 is 11.0. The van der Waals surface area contributed by atoms with Crippen molar-refractivity contribution in [3.05, 3.63) is 68.0 Å². The van der Waals surface area contributed by atoms with Gasteiger partial charge in [-0.05, 0) is 52.6 Å². The summed E-state index contributed by atoms with van der Waals surface area (Å²) in [5.41, 5.74) is 2.34. The molecule has 0 N–H and O–H groups in total. The number of methoxy groups -OCH3 is 2. The summed E-state index contributed by atoms with van der Waals surface area (Å²) in [4.78, 5) is 17.4. The minimum atomic E-state index is -0.0824. The van der Waals surface area contributed by atoms with Crippen LogP contribution in [0, 0.1) is 0 Å². The van der Waals surface area contributed by atoms with Crippen LogP contribution in [0.3, 0.4) is 0 Å². The molecule has 140 valence electrons. The highest BCUT2D eigenvalue weighted by Gasteiger charge is 2.33. The maximum Gasteiger partial charge on any atom is 0.228 e. The van der Waals surface area contributed by atoms with Crippen LogP contribution >= 0.6 is 22.7 Å². The van der Waals surface area contributed by atoms with Gasteiger partial charge in [-0.25, -0.2) is 0 Å². The number of thiophene rings is 2. The Morgan fingerprint density at radius 3 is 2.52 bits per heavy atom. The third-order valence-corrected chi connectivity index (χ3v) is 6.71.